The molecule has 2 N–H and O–H groups in total. The van der Waals surface area contributed by atoms with Gasteiger partial charge < -0.3 is 10.0 Å². The van der Waals surface area contributed by atoms with Crippen LogP contribution in [-0.4, -0.2) is 45.1 Å². The number of sulfonamides is 1. The molecule has 0 radical (unpaired) electrons. The summed E-state index contributed by atoms with van der Waals surface area (Å²) < 4.78 is 27.2. The fourth-order valence-electron chi connectivity index (χ4n) is 1.83. The number of hydrogen-bond acceptors (Lipinski definition) is 4. The van der Waals surface area contributed by atoms with Gasteiger partial charge in [0.05, 0.1) is 11.5 Å². The summed E-state index contributed by atoms with van der Waals surface area (Å²) in [6.45, 7) is 4.35. The van der Waals surface area contributed by atoms with Crippen molar-refractivity contribution in [1.82, 2.24) is 9.62 Å². The molecule has 0 amide bonds. The zero-order valence-electron chi connectivity index (χ0n) is 12.5. The molecule has 0 saturated heterocycles. The first kappa shape index (κ1) is 17.1. The van der Waals surface area contributed by atoms with Crippen LogP contribution in [0.4, 0.5) is 0 Å². The lowest BCUT2D eigenvalue weighted by Crippen LogP contribution is -2.34. The van der Waals surface area contributed by atoms with Gasteiger partial charge in [-0.1, -0.05) is 6.07 Å². The van der Waals surface area contributed by atoms with Crippen LogP contribution >= 0.6 is 0 Å². The standard InChI is InChI=1S/C14H24N2O3S/c1-11-5-6-14(9-13(11)10-17)20(18,19)15-12(2)7-8-16(3)4/h5-6,9,12,15,17H,7-8,10H2,1-4H3. The monoisotopic (exact) mass is 300 g/mol. The zero-order chi connectivity index (χ0) is 15.3. The maximum absolute atomic E-state index is 12.3. The van der Waals surface area contributed by atoms with Gasteiger partial charge in [0, 0.05) is 6.04 Å². The van der Waals surface area contributed by atoms with Crippen molar-refractivity contribution in [2.24, 2.45) is 0 Å². The van der Waals surface area contributed by atoms with Gasteiger partial charge in [-0.3, -0.25) is 0 Å². The van der Waals surface area contributed by atoms with Crippen molar-refractivity contribution in [3.05, 3.63) is 29.3 Å². The summed E-state index contributed by atoms with van der Waals surface area (Å²) in [7, 11) is 0.370. The Morgan fingerprint density at radius 1 is 1.35 bits per heavy atom. The Balaban J connectivity index is 2.83. The quantitative estimate of drug-likeness (QED) is 0.791. The molecule has 0 aliphatic rings. The van der Waals surface area contributed by atoms with E-state index in [2.05, 4.69) is 4.72 Å². The van der Waals surface area contributed by atoms with E-state index < -0.39 is 10.0 Å². The second-order valence-corrected chi connectivity index (χ2v) is 7.07. The molecule has 20 heavy (non-hydrogen) atoms. The van der Waals surface area contributed by atoms with E-state index in [4.69, 9.17) is 0 Å². The number of aliphatic hydroxyl groups is 1. The van der Waals surface area contributed by atoms with Crippen LogP contribution in [0.5, 0.6) is 0 Å². The molecular weight excluding hydrogens is 276 g/mol. The fourth-order valence-corrected chi connectivity index (χ4v) is 3.16. The van der Waals surface area contributed by atoms with Gasteiger partial charge in [-0.05, 0) is 64.2 Å². The molecule has 0 saturated carbocycles. The fraction of sp³-hybridized carbons (Fsp3) is 0.571. The SMILES string of the molecule is Cc1ccc(S(=O)(=O)NC(C)CCN(C)C)cc1CO. The first-order valence-electron chi connectivity index (χ1n) is 6.63. The summed E-state index contributed by atoms with van der Waals surface area (Å²) in [5, 5.41) is 9.22. The molecule has 114 valence electrons. The van der Waals surface area contributed by atoms with Crippen molar-refractivity contribution in [2.75, 3.05) is 20.6 Å². The highest BCUT2D eigenvalue weighted by molar-refractivity contribution is 7.89. The maximum Gasteiger partial charge on any atom is 0.240 e. The minimum Gasteiger partial charge on any atom is -0.392 e. The predicted octanol–water partition coefficient (Wildman–Crippen LogP) is 1.11. The molecule has 0 aliphatic heterocycles. The average molecular weight is 300 g/mol. The van der Waals surface area contributed by atoms with Crippen molar-refractivity contribution in [3.8, 4) is 0 Å². The smallest absolute Gasteiger partial charge is 0.240 e. The van der Waals surface area contributed by atoms with E-state index in [0.29, 0.717) is 5.56 Å². The van der Waals surface area contributed by atoms with Crippen LogP contribution < -0.4 is 4.72 Å². The predicted molar refractivity (Wildman–Crippen MR) is 80.1 cm³/mol. The highest BCUT2D eigenvalue weighted by Crippen LogP contribution is 2.16. The van der Waals surface area contributed by atoms with E-state index >= 15 is 0 Å². The van der Waals surface area contributed by atoms with Crippen molar-refractivity contribution in [3.63, 3.8) is 0 Å². The molecule has 1 rings (SSSR count). The highest BCUT2D eigenvalue weighted by atomic mass is 32.2. The lowest BCUT2D eigenvalue weighted by molar-refractivity contribution is 0.280. The minimum absolute atomic E-state index is 0.138. The van der Waals surface area contributed by atoms with Gasteiger partial charge in [0.1, 0.15) is 0 Å². The Hall–Kier alpha value is -0.950. The van der Waals surface area contributed by atoms with Crippen LogP contribution in [0.15, 0.2) is 23.1 Å². The Kier molecular flexibility index (Phi) is 6.13. The summed E-state index contributed by atoms with van der Waals surface area (Å²) in [6, 6.07) is 4.66. The van der Waals surface area contributed by atoms with Crippen LogP contribution in [0, 0.1) is 6.92 Å². The molecular formula is C14H24N2O3S. The van der Waals surface area contributed by atoms with Crippen molar-refractivity contribution in [1.29, 1.82) is 0 Å². The van der Waals surface area contributed by atoms with Gasteiger partial charge in [-0.2, -0.15) is 0 Å². The molecule has 0 aliphatic carbocycles. The number of benzene rings is 1. The topological polar surface area (TPSA) is 69.6 Å². The highest BCUT2D eigenvalue weighted by Gasteiger charge is 2.18. The van der Waals surface area contributed by atoms with E-state index in [1.165, 1.54) is 6.07 Å². The summed E-state index contributed by atoms with van der Waals surface area (Å²) >= 11 is 0. The van der Waals surface area contributed by atoms with E-state index in [1.54, 1.807) is 12.1 Å². The van der Waals surface area contributed by atoms with Crippen LogP contribution in [0.1, 0.15) is 24.5 Å². The Morgan fingerprint density at radius 3 is 2.55 bits per heavy atom. The molecule has 0 heterocycles. The molecule has 1 unspecified atom stereocenters. The Morgan fingerprint density at radius 2 is 2.00 bits per heavy atom. The summed E-state index contributed by atoms with van der Waals surface area (Å²) in [5.74, 6) is 0. The number of aliphatic hydroxyl groups excluding tert-OH is 1. The van der Waals surface area contributed by atoms with Crippen molar-refractivity contribution in [2.45, 2.75) is 37.8 Å². The minimum atomic E-state index is -3.54. The van der Waals surface area contributed by atoms with Crippen LogP contribution in [-0.2, 0) is 16.6 Å². The third-order valence-electron chi connectivity index (χ3n) is 3.17. The normalized spacial score (nSPS) is 13.7. The maximum atomic E-state index is 12.3. The van der Waals surface area contributed by atoms with Crippen molar-refractivity contribution < 1.29 is 13.5 Å². The van der Waals surface area contributed by atoms with Crippen molar-refractivity contribution >= 4 is 10.0 Å². The lowest BCUT2D eigenvalue weighted by Gasteiger charge is -2.17. The molecule has 0 spiro atoms. The van der Waals surface area contributed by atoms with E-state index in [1.807, 2.05) is 32.8 Å². The third kappa shape index (κ3) is 4.86. The van der Waals surface area contributed by atoms with Gasteiger partial charge >= 0.3 is 0 Å². The first-order chi connectivity index (χ1) is 9.26. The first-order valence-corrected chi connectivity index (χ1v) is 8.12. The molecule has 6 heteroatoms. The van der Waals surface area contributed by atoms with Gasteiger partial charge in [-0.25, -0.2) is 13.1 Å². The molecule has 1 aromatic rings. The largest absolute Gasteiger partial charge is 0.392 e. The Bertz CT molecular complexity index is 541. The summed E-state index contributed by atoms with van der Waals surface area (Å²) in [4.78, 5) is 2.21. The number of rotatable bonds is 7. The van der Waals surface area contributed by atoms with Gasteiger partial charge in [0.2, 0.25) is 10.0 Å². The average Bonchev–Trinajstić information content (AvgIpc) is 2.36. The number of aryl methyl sites for hydroxylation is 1. The van der Waals surface area contributed by atoms with Gasteiger partial charge in [0.25, 0.3) is 0 Å². The number of nitrogens with zero attached hydrogens (tertiary/aromatic N) is 1. The second kappa shape index (κ2) is 7.17. The Labute approximate surface area is 121 Å². The van der Waals surface area contributed by atoms with Crippen LogP contribution in [0.2, 0.25) is 0 Å². The molecule has 1 atom stereocenters. The van der Waals surface area contributed by atoms with Crippen LogP contribution in [0.25, 0.3) is 0 Å². The second-order valence-electron chi connectivity index (χ2n) is 5.36. The molecule has 0 aromatic heterocycles. The zero-order valence-corrected chi connectivity index (χ0v) is 13.4. The van der Waals surface area contributed by atoms with E-state index in [9.17, 15) is 13.5 Å². The molecule has 0 fully saturated rings. The molecule has 0 bridgehead atoms. The lowest BCUT2D eigenvalue weighted by atomic mass is 10.1. The summed E-state index contributed by atoms with van der Waals surface area (Å²) in [5.41, 5.74) is 1.51. The summed E-state index contributed by atoms with van der Waals surface area (Å²) in [6.07, 6.45) is 0.741. The van der Waals surface area contributed by atoms with Crippen LogP contribution in [0.3, 0.4) is 0 Å². The number of nitrogens with one attached hydrogen (secondary N) is 1. The van der Waals surface area contributed by atoms with E-state index in [0.717, 1.165) is 18.5 Å². The van der Waals surface area contributed by atoms with Gasteiger partial charge in [0.15, 0.2) is 0 Å². The third-order valence-corrected chi connectivity index (χ3v) is 4.75. The van der Waals surface area contributed by atoms with E-state index in [-0.39, 0.29) is 17.5 Å². The molecule has 1 aromatic carbocycles. The molecule has 5 nitrogen and oxygen atoms in total. The number of hydrogen-bond donors (Lipinski definition) is 2. The van der Waals surface area contributed by atoms with Gasteiger partial charge in [-0.15, -0.1) is 0 Å².